The summed E-state index contributed by atoms with van der Waals surface area (Å²) in [5.74, 6) is 0.386. The minimum Gasteiger partial charge on any atom is -0.339 e. The third-order valence-corrected chi connectivity index (χ3v) is 6.70. The van der Waals surface area contributed by atoms with Gasteiger partial charge in [0.2, 0.25) is 27.6 Å². The van der Waals surface area contributed by atoms with Gasteiger partial charge >= 0.3 is 0 Å². The van der Waals surface area contributed by atoms with Crippen LogP contribution in [0.1, 0.15) is 23.3 Å². The van der Waals surface area contributed by atoms with E-state index in [0.717, 1.165) is 5.56 Å². The topological polar surface area (TPSA) is 114 Å². The predicted octanol–water partition coefficient (Wildman–Crippen LogP) is 2.89. The molecule has 0 fully saturated rings. The number of carbonyl (C=O) groups is 1. The molecule has 3 aromatic rings. The first-order valence-electron chi connectivity index (χ1n) is 8.58. The molecule has 1 amide bonds. The Hall–Kier alpha value is -2.56. The highest BCUT2D eigenvalue weighted by Crippen LogP contribution is 2.32. The van der Waals surface area contributed by atoms with E-state index in [2.05, 4.69) is 20.2 Å². The Morgan fingerprint density at radius 2 is 2.00 bits per heavy atom. The quantitative estimate of drug-likeness (QED) is 0.607. The van der Waals surface area contributed by atoms with E-state index in [9.17, 15) is 13.2 Å². The number of hydrogen-bond donors (Lipinski definition) is 2. The van der Waals surface area contributed by atoms with Crippen LogP contribution in [0.3, 0.4) is 0 Å². The van der Waals surface area contributed by atoms with Crippen LogP contribution in [-0.2, 0) is 21.2 Å². The minimum atomic E-state index is -3.86. The van der Waals surface area contributed by atoms with Crippen LogP contribution in [0.15, 0.2) is 39.8 Å². The Balaban J connectivity index is 1.71. The van der Waals surface area contributed by atoms with Crippen molar-refractivity contribution >= 4 is 33.0 Å². The van der Waals surface area contributed by atoms with Crippen LogP contribution in [0.2, 0.25) is 0 Å². The molecule has 2 heterocycles. The number of amides is 1. The van der Waals surface area contributed by atoms with Crippen molar-refractivity contribution in [3.05, 3.63) is 46.7 Å². The molecule has 0 saturated heterocycles. The van der Waals surface area contributed by atoms with Crippen molar-refractivity contribution in [3.8, 4) is 10.7 Å². The lowest BCUT2D eigenvalue weighted by molar-refractivity contribution is -0.115. The molecule has 0 spiro atoms. The van der Waals surface area contributed by atoms with Gasteiger partial charge in [-0.3, -0.25) is 4.79 Å². The molecule has 3 rings (SSSR count). The Morgan fingerprint density at radius 3 is 2.68 bits per heavy atom. The summed E-state index contributed by atoms with van der Waals surface area (Å²) in [4.78, 5) is 17.6. The largest absolute Gasteiger partial charge is 0.339 e. The van der Waals surface area contributed by atoms with Crippen molar-refractivity contribution in [1.29, 1.82) is 0 Å². The molecule has 0 atom stereocenters. The molecule has 0 saturated carbocycles. The number of aryl methyl sites for hydroxylation is 3. The van der Waals surface area contributed by atoms with E-state index in [-0.39, 0.29) is 11.4 Å². The molecular formula is C18H20N4O4S2. The summed E-state index contributed by atoms with van der Waals surface area (Å²) >= 11 is 1.25. The molecule has 0 aliphatic carbocycles. The normalized spacial score (nSPS) is 11.5. The van der Waals surface area contributed by atoms with Crippen molar-refractivity contribution < 1.29 is 17.7 Å². The summed E-state index contributed by atoms with van der Waals surface area (Å²) in [6, 6.07) is 8.76. The maximum absolute atomic E-state index is 12.6. The van der Waals surface area contributed by atoms with Gasteiger partial charge in [0, 0.05) is 17.0 Å². The standard InChI is InChI=1S/C18H20N4O4S2/c1-4-17-21-18(22-26-17)14-9-15(12(3)27-14)28(24,25)19-10-16(23)20-13-8-6-5-7-11(13)2/h5-9,19H,4,10H2,1-3H3,(H,20,23). The predicted molar refractivity (Wildman–Crippen MR) is 107 cm³/mol. The number of rotatable bonds is 7. The van der Waals surface area contributed by atoms with Gasteiger partial charge in [0.15, 0.2) is 0 Å². The molecule has 2 aromatic heterocycles. The Labute approximate surface area is 167 Å². The fourth-order valence-electron chi connectivity index (χ4n) is 2.49. The molecule has 0 bridgehead atoms. The first-order chi connectivity index (χ1) is 13.3. The minimum absolute atomic E-state index is 0.0963. The fraction of sp³-hybridized carbons (Fsp3) is 0.278. The summed E-state index contributed by atoms with van der Waals surface area (Å²) in [5.41, 5.74) is 1.54. The molecule has 8 nitrogen and oxygen atoms in total. The van der Waals surface area contributed by atoms with Gasteiger partial charge in [-0.25, -0.2) is 13.1 Å². The maximum atomic E-state index is 12.6. The van der Waals surface area contributed by atoms with Crippen molar-refractivity contribution in [1.82, 2.24) is 14.9 Å². The van der Waals surface area contributed by atoms with Gasteiger partial charge in [0.1, 0.15) is 0 Å². The third kappa shape index (κ3) is 4.46. The van der Waals surface area contributed by atoms with E-state index in [4.69, 9.17) is 4.52 Å². The zero-order chi connectivity index (χ0) is 20.3. The van der Waals surface area contributed by atoms with Gasteiger partial charge in [0.25, 0.3) is 0 Å². The molecule has 1 aromatic carbocycles. The molecular weight excluding hydrogens is 400 g/mol. The second-order valence-corrected chi connectivity index (χ2v) is 9.08. The molecule has 0 radical (unpaired) electrons. The average molecular weight is 421 g/mol. The summed E-state index contributed by atoms with van der Waals surface area (Å²) in [5, 5.41) is 6.56. The smallest absolute Gasteiger partial charge is 0.242 e. The summed E-state index contributed by atoms with van der Waals surface area (Å²) < 4.78 is 32.7. The second kappa shape index (κ2) is 8.21. The first-order valence-corrected chi connectivity index (χ1v) is 10.9. The number of aromatic nitrogens is 2. The van der Waals surface area contributed by atoms with Crippen molar-refractivity contribution in [2.75, 3.05) is 11.9 Å². The van der Waals surface area contributed by atoms with Crippen LogP contribution in [0, 0.1) is 13.8 Å². The van der Waals surface area contributed by atoms with Crippen LogP contribution in [-0.4, -0.2) is 31.0 Å². The van der Waals surface area contributed by atoms with E-state index in [1.807, 2.05) is 26.0 Å². The number of sulfonamides is 1. The summed E-state index contributed by atoms with van der Waals surface area (Å²) in [7, 11) is -3.86. The van der Waals surface area contributed by atoms with Gasteiger partial charge in [-0.05, 0) is 31.5 Å². The SMILES string of the molecule is CCc1nc(-c2cc(S(=O)(=O)NCC(=O)Nc3ccccc3C)c(C)s2)no1. The second-order valence-electron chi connectivity index (χ2n) is 6.08. The van der Waals surface area contributed by atoms with E-state index in [1.165, 1.54) is 17.4 Å². The Morgan fingerprint density at radius 1 is 1.25 bits per heavy atom. The van der Waals surface area contributed by atoms with Gasteiger partial charge < -0.3 is 9.84 Å². The zero-order valence-electron chi connectivity index (χ0n) is 15.6. The number of hydrogen-bond acceptors (Lipinski definition) is 7. The Kier molecular flexibility index (Phi) is 5.92. The van der Waals surface area contributed by atoms with Crippen LogP contribution in [0.5, 0.6) is 0 Å². The average Bonchev–Trinajstić information content (AvgIpc) is 3.29. The Bertz CT molecular complexity index is 1100. The lowest BCUT2D eigenvalue weighted by atomic mass is 10.2. The fourth-order valence-corrected chi connectivity index (χ4v) is 4.98. The molecule has 2 N–H and O–H groups in total. The van der Waals surface area contributed by atoms with Crippen molar-refractivity contribution in [2.45, 2.75) is 32.1 Å². The zero-order valence-corrected chi connectivity index (χ0v) is 17.3. The van der Waals surface area contributed by atoms with Gasteiger partial charge in [-0.1, -0.05) is 30.3 Å². The number of benzene rings is 1. The highest BCUT2D eigenvalue weighted by molar-refractivity contribution is 7.89. The first kappa shape index (κ1) is 20.2. The molecule has 0 aliphatic rings. The number of para-hydroxylation sites is 1. The van der Waals surface area contributed by atoms with Crippen LogP contribution in [0.25, 0.3) is 10.7 Å². The lowest BCUT2D eigenvalue weighted by Gasteiger charge is -2.09. The number of carbonyl (C=O) groups excluding carboxylic acids is 1. The molecule has 0 unspecified atom stereocenters. The number of thiophene rings is 1. The molecule has 28 heavy (non-hydrogen) atoms. The van der Waals surface area contributed by atoms with Crippen LogP contribution < -0.4 is 10.0 Å². The molecule has 148 valence electrons. The van der Waals surface area contributed by atoms with E-state index < -0.39 is 15.9 Å². The number of anilines is 1. The molecule has 0 aliphatic heterocycles. The number of nitrogens with one attached hydrogen (secondary N) is 2. The van der Waals surface area contributed by atoms with Gasteiger partial charge in [0.05, 0.1) is 16.3 Å². The molecule has 10 heteroatoms. The van der Waals surface area contributed by atoms with Crippen LogP contribution in [0.4, 0.5) is 5.69 Å². The maximum Gasteiger partial charge on any atom is 0.242 e. The van der Waals surface area contributed by atoms with E-state index in [0.29, 0.717) is 33.6 Å². The van der Waals surface area contributed by atoms with Crippen molar-refractivity contribution in [2.24, 2.45) is 0 Å². The highest BCUT2D eigenvalue weighted by atomic mass is 32.2. The van der Waals surface area contributed by atoms with E-state index in [1.54, 1.807) is 19.1 Å². The highest BCUT2D eigenvalue weighted by Gasteiger charge is 2.23. The van der Waals surface area contributed by atoms with Gasteiger partial charge in [-0.2, -0.15) is 4.98 Å². The van der Waals surface area contributed by atoms with E-state index >= 15 is 0 Å². The summed E-state index contributed by atoms with van der Waals surface area (Å²) in [6.07, 6.45) is 0.597. The lowest BCUT2D eigenvalue weighted by Crippen LogP contribution is -2.33. The van der Waals surface area contributed by atoms with Crippen molar-refractivity contribution in [3.63, 3.8) is 0 Å². The number of nitrogens with zero attached hydrogens (tertiary/aromatic N) is 2. The van der Waals surface area contributed by atoms with Crippen LogP contribution >= 0.6 is 11.3 Å². The third-order valence-electron chi connectivity index (χ3n) is 3.99. The monoisotopic (exact) mass is 420 g/mol. The van der Waals surface area contributed by atoms with Gasteiger partial charge in [-0.15, -0.1) is 11.3 Å². The summed E-state index contributed by atoms with van der Waals surface area (Å²) in [6.45, 7) is 5.07.